The van der Waals surface area contributed by atoms with E-state index >= 15 is 0 Å². The van der Waals surface area contributed by atoms with Crippen LogP contribution in [0.1, 0.15) is 11.5 Å². The second kappa shape index (κ2) is 6.30. The first-order chi connectivity index (χ1) is 10.8. The minimum absolute atomic E-state index is 0.463. The van der Waals surface area contributed by atoms with Crippen LogP contribution in [0.25, 0.3) is 11.5 Å². The highest BCUT2D eigenvalue weighted by atomic mass is 16.5. The van der Waals surface area contributed by atoms with Crippen molar-refractivity contribution in [2.24, 2.45) is 0 Å². The number of benzene rings is 2. The Morgan fingerprint density at radius 2 is 1.82 bits per heavy atom. The first-order valence-corrected chi connectivity index (χ1v) is 6.91. The molecule has 0 radical (unpaired) electrons. The normalized spacial score (nSPS) is 10.5. The topological polar surface area (TPSA) is 57.4 Å². The van der Waals surface area contributed by atoms with Gasteiger partial charge in [-0.15, -0.1) is 10.2 Å². The molecule has 112 valence electrons. The molecule has 0 bridgehead atoms. The van der Waals surface area contributed by atoms with E-state index in [9.17, 15) is 0 Å². The maximum Gasteiger partial charge on any atom is 0.247 e. The molecule has 0 fully saturated rings. The number of methoxy groups -OCH3 is 1. The third-order valence-corrected chi connectivity index (χ3v) is 3.17. The summed E-state index contributed by atoms with van der Waals surface area (Å²) in [6.45, 7) is 2.24. The summed E-state index contributed by atoms with van der Waals surface area (Å²) in [6.07, 6.45) is 0. The zero-order chi connectivity index (χ0) is 15.4. The number of ether oxygens (including phenoxy) is 2. The summed E-state index contributed by atoms with van der Waals surface area (Å²) in [5, 5.41) is 7.83. The van der Waals surface area contributed by atoms with E-state index < -0.39 is 0 Å². The molecule has 3 aromatic rings. The molecule has 0 atom stereocenters. The van der Waals surface area contributed by atoms with Gasteiger partial charge in [-0.25, -0.2) is 0 Å². The molecular formula is C17H16N2O3. The van der Waals surface area contributed by atoms with Crippen LogP contribution in [0.5, 0.6) is 11.5 Å². The smallest absolute Gasteiger partial charge is 0.247 e. The molecule has 0 saturated carbocycles. The van der Waals surface area contributed by atoms with Crippen molar-refractivity contribution < 1.29 is 13.9 Å². The van der Waals surface area contributed by atoms with Crippen LogP contribution >= 0.6 is 0 Å². The maximum atomic E-state index is 5.82. The number of rotatable bonds is 5. The van der Waals surface area contributed by atoms with E-state index in [1.54, 1.807) is 14.0 Å². The molecule has 2 aromatic carbocycles. The fourth-order valence-corrected chi connectivity index (χ4v) is 2.07. The zero-order valence-corrected chi connectivity index (χ0v) is 12.4. The van der Waals surface area contributed by atoms with Crippen molar-refractivity contribution in [1.29, 1.82) is 0 Å². The lowest BCUT2D eigenvalue weighted by atomic mass is 10.2. The Hall–Kier alpha value is -2.82. The Labute approximate surface area is 128 Å². The Balaban J connectivity index is 1.80. The molecule has 0 aliphatic rings. The van der Waals surface area contributed by atoms with E-state index in [4.69, 9.17) is 13.9 Å². The van der Waals surface area contributed by atoms with E-state index in [1.165, 1.54) is 0 Å². The molecule has 0 unspecified atom stereocenters. The van der Waals surface area contributed by atoms with Crippen molar-refractivity contribution >= 4 is 0 Å². The summed E-state index contributed by atoms with van der Waals surface area (Å²) in [6, 6.07) is 15.5. The van der Waals surface area contributed by atoms with Gasteiger partial charge in [-0.2, -0.15) is 0 Å². The number of aromatic nitrogens is 2. The van der Waals surface area contributed by atoms with Gasteiger partial charge in [0.15, 0.2) is 11.5 Å². The van der Waals surface area contributed by atoms with Crippen LogP contribution in [0, 0.1) is 6.92 Å². The predicted octanol–water partition coefficient (Wildman–Crippen LogP) is 3.63. The van der Waals surface area contributed by atoms with Crippen LogP contribution in [-0.4, -0.2) is 17.3 Å². The average molecular weight is 296 g/mol. The van der Waals surface area contributed by atoms with Gasteiger partial charge in [0.1, 0.15) is 6.61 Å². The van der Waals surface area contributed by atoms with Crippen molar-refractivity contribution in [2.75, 3.05) is 7.11 Å². The second-order valence-corrected chi connectivity index (χ2v) is 4.77. The van der Waals surface area contributed by atoms with Crippen molar-refractivity contribution in [3.8, 4) is 23.0 Å². The lowest BCUT2D eigenvalue weighted by Crippen LogP contribution is -1.97. The quantitative estimate of drug-likeness (QED) is 0.719. The molecule has 5 heteroatoms. The summed E-state index contributed by atoms with van der Waals surface area (Å²) in [5.74, 6) is 2.29. The van der Waals surface area contributed by atoms with Gasteiger partial charge in [-0.3, -0.25) is 0 Å². The molecule has 0 aliphatic carbocycles. The first kappa shape index (κ1) is 14.1. The lowest BCUT2D eigenvalue weighted by Gasteiger charge is -2.11. The third-order valence-electron chi connectivity index (χ3n) is 3.17. The van der Waals surface area contributed by atoms with Crippen molar-refractivity contribution in [3.05, 3.63) is 60.0 Å². The van der Waals surface area contributed by atoms with E-state index in [0.717, 1.165) is 11.1 Å². The van der Waals surface area contributed by atoms with Gasteiger partial charge in [0.05, 0.1) is 7.11 Å². The number of hydrogen-bond donors (Lipinski definition) is 0. The molecule has 0 amide bonds. The summed E-state index contributed by atoms with van der Waals surface area (Å²) in [5.41, 5.74) is 1.89. The summed E-state index contributed by atoms with van der Waals surface area (Å²) in [7, 11) is 1.60. The van der Waals surface area contributed by atoms with Gasteiger partial charge in [-0.05, 0) is 23.8 Å². The molecule has 0 aliphatic heterocycles. The first-order valence-electron chi connectivity index (χ1n) is 6.91. The van der Waals surface area contributed by atoms with Gasteiger partial charge in [0.25, 0.3) is 0 Å². The standard InChI is InChI=1S/C17H16N2O3/c1-12-18-19-17(22-12)14-8-9-15(16(10-14)20-2)21-11-13-6-4-3-5-7-13/h3-10H,11H2,1-2H3. The van der Waals surface area contributed by atoms with E-state index in [-0.39, 0.29) is 0 Å². The Kier molecular flexibility index (Phi) is 4.05. The highest BCUT2D eigenvalue weighted by Gasteiger charge is 2.11. The number of hydrogen-bond acceptors (Lipinski definition) is 5. The van der Waals surface area contributed by atoms with Gasteiger partial charge in [0, 0.05) is 12.5 Å². The fraction of sp³-hybridized carbons (Fsp3) is 0.176. The largest absolute Gasteiger partial charge is 0.493 e. The van der Waals surface area contributed by atoms with E-state index in [2.05, 4.69) is 10.2 Å². The van der Waals surface area contributed by atoms with Gasteiger partial charge in [-0.1, -0.05) is 30.3 Å². The summed E-state index contributed by atoms with van der Waals surface area (Å²) in [4.78, 5) is 0. The van der Waals surface area contributed by atoms with E-state index in [0.29, 0.717) is 29.9 Å². The molecule has 0 saturated heterocycles. The monoisotopic (exact) mass is 296 g/mol. The fourth-order valence-electron chi connectivity index (χ4n) is 2.07. The maximum absolute atomic E-state index is 5.82. The molecule has 22 heavy (non-hydrogen) atoms. The predicted molar refractivity (Wildman–Crippen MR) is 81.8 cm³/mol. The highest BCUT2D eigenvalue weighted by Crippen LogP contribution is 2.32. The molecule has 1 heterocycles. The van der Waals surface area contributed by atoms with Gasteiger partial charge >= 0.3 is 0 Å². The molecule has 1 aromatic heterocycles. The van der Waals surface area contributed by atoms with Crippen molar-refractivity contribution in [3.63, 3.8) is 0 Å². The molecule has 0 spiro atoms. The Morgan fingerprint density at radius 1 is 1.00 bits per heavy atom. The van der Waals surface area contributed by atoms with Crippen LogP contribution in [0.4, 0.5) is 0 Å². The van der Waals surface area contributed by atoms with Gasteiger partial charge in [0.2, 0.25) is 11.8 Å². The van der Waals surface area contributed by atoms with Crippen LogP contribution in [0.3, 0.4) is 0 Å². The summed E-state index contributed by atoms with van der Waals surface area (Å²) < 4.78 is 16.6. The summed E-state index contributed by atoms with van der Waals surface area (Å²) >= 11 is 0. The Bertz CT molecular complexity index is 754. The number of nitrogens with zero attached hydrogens (tertiary/aromatic N) is 2. The zero-order valence-electron chi connectivity index (χ0n) is 12.4. The molecule has 0 N–H and O–H groups in total. The van der Waals surface area contributed by atoms with E-state index in [1.807, 2.05) is 48.5 Å². The average Bonchev–Trinajstić information content (AvgIpc) is 3.00. The highest BCUT2D eigenvalue weighted by molar-refractivity contribution is 5.59. The van der Waals surface area contributed by atoms with Gasteiger partial charge < -0.3 is 13.9 Å². The van der Waals surface area contributed by atoms with Crippen LogP contribution in [-0.2, 0) is 6.61 Å². The number of aryl methyl sites for hydroxylation is 1. The SMILES string of the molecule is COc1cc(-c2nnc(C)o2)ccc1OCc1ccccc1. The lowest BCUT2D eigenvalue weighted by molar-refractivity contribution is 0.284. The molecule has 3 rings (SSSR count). The minimum atomic E-state index is 0.463. The molecular weight excluding hydrogens is 280 g/mol. The van der Waals surface area contributed by atoms with Crippen LogP contribution in [0.2, 0.25) is 0 Å². The van der Waals surface area contributed by atoms with Crippen LogP contribution < -0.4 is 9.47 Å². The van der Waals surface area contributed by atoms with Crippen LogP contribution in [0.15, 0.2) is 52.9 Å². The minimum Gasteiger partial charge on any atom is -0.493 e. The Morgan fingerprint density at radius 3 is 2.50 bits per heavy atom. The van der Waals surface area contributed by atoms with Crippen molar-refractivity contribution in [2.45, 2.75) is 13.5 Å². The second-order valence-electron chi connectivity index (χ2n) is 4.77. The molecule has 5 nitrogen and oxygen atoms in total. The van der Waals surface area contributed by atoms with Crippen molar-refractivity contribution in [1.82, 2.24) is 10.2 Å². The third kappa shape index (κ3) is 3.09.